The van der Waals surface area contributed by atoms with E-state index in [1.54, 1.807) is 48.7 Å². The van der Waals surface area contributed by atoms with Gasteiger partial charge in [-0.15, -0.1) is 0 Å². The predicted octanol–water partition coefficient (Wildman–Crippen LogP) is 6.58. The summed E-state index contributed by atoms with van der Waals surface area (Å²) in [5.41, 5.74) is 4.59. The molecule has 0 aliphatic carbocycles. The first-order valence-electron chi connectivity index (χ1n) is 12.6. The number of fused-ring (bicyclic) bond motifs is 2. The van der Waals surface area contributed by atoms with Crippen molar-refractivity contribution in [3.8, 4) is 5.69 Å². The molecular formula is C29H30FN3O3S. The van der Waals surface area contributed by atoms with Crippen LogP contribution in [-0.2, 0) is 14.8 Å². The van der Waals surface area contributed by atoms with Crippen LogP contribution in [0.5, 0.6) is 0 Å². The summed E-state index contributed by atoms with van der Waals surface area (Å²) in [6.07, 6.45) is 3.38. The van der Waals surface area contributed by atoms with Gasteiger partial charge in [0.1, 0.15) is 5.82 Å². The maximum absolute atomic E-state index is 13.7. The van der Waals surface area contributed by atoms with Crippen LogP contribution in [0.25, 0.3) is 27.5 Å². The number of hydrogen-bond acceptors (Lipinski definition) is 4. The fraction of sp³-hybridized carbons (Fsp3) is 0.276. The van der Waals surface area contributed by atoms with E-state index in [0.29, 0.717) is 18.7 Å². The molecule has 6 rings (SSSR count). The highest BCUT2D eigenvalue weighted by Crippen LogP contribution is 2.39. The Bertz CT molecular complexity index is 1650. The Hall–Kier alpha value is -3.49. The number of aryl methyl sites for hydroxylation is 1. The Balaban J connectivity index is 0.00000137. The van der Waals surface area contributed by atoms with E-state index in [0.717, 1.165) is 50.2 Å². The maximum atomic E-state index is 13.7. The minimum Gasteiger partial charge on any atom is -0.381 e. The molecule has 2 aromatic heterocycles. The Labute approximate surface area is 216 Å². The third kappa shape index (κ3) is 4.34. The van der Waals surface area contributed by atoms with E-state index in [2.05, 4.69) is 16.6 Å². The Kier molecular flexibility index (Phi) is 6.88. The molecule has 0 atom stereocenters. The Morgan fingerprint density at radius 2 is 1.62 bits per heavy atom. The van der Waals surface area contributed by atoms with Gasteiger partial charge in [0.05, 0.1) is 22.1 Å². The quantitative estimate of drug-likeness (QED) is 0.269. The van der Waals surface area contributed by atoms with Gasteiger partial charge in [-0.05, 0) is 73.9 Å². The van der Waals surface area contributed by atoms with Gasteiger partial charge < -0.3 is 9.30 Å². The van der Waals surface area contributed by atoms with Crippen LogP contribution >= 0.6 is 0 Å². The molecule has 5 aromatic rings. The van der Waals surface area contributed by atoms with Crippen LogP contribution in [0.2, 0.25) is 0 Å². The van der Waals surface area contributed by atoms with Crippen molar-refractivity contribution in [3.63, 3.8) is 0 Å². The van der Waals surface area contributed by atoms with Crippen molar-refractivity contribution in [1.29, 1.82) is 0 Å². The van der Waals surface area contributed by atoms with E-state index in [-0.39, 0.29) is 16.6 Å². The molecule has 0 radical (unpaired) electrons. The highest BCUT2D eigenvalue weighted by atomic mass is 32.2. The number of benzene rings is 3. The first kappa shape index (κ1) is 25.2. The lowest BCUT2D eigenvalue weighted by Crippen LogP contribution is -2.17. The summed E-state index contributed by atoms with van der Waals surface area (Å²) in [5, 5.41) is 5.93. The van der Waals surface area contributed by atoms with Gasteiger partial charge in [0.15, 0.2) is 0 Å². The number of ether oxygens (including phenoxy) is 1. The van der Waals surface area contributed by atoms with Gasteiger partial charge in [0.2, 0.25) is 0 Å². The zero-order valence-electron chi connectivity index (χ0n) is 21.2. The average Bonchev–Trinajstić information content (AvgIpc) is 3.49. The number of aromatic nitrogens is 3. The Morgan fingerprint density at radius 3 is 2.30 bits per heavy atom. The molecule has 3 heterocycles. The molecule has 0 bridgehead atoms. The molecule has 192 valence electrons. The molecule has 0 N–H and O–H groups in total. The van der Waals surface area contributed by atoms with E-state index in [1.807, 2.05) is 26.0 Å². The van der Waals surface area contributed by atoms with Crippen molar-refractivity contribution in [2.45, 2.75) is 44.4 Å². The summed E-state index contributed by atoms with van der Waals surface area (Å²) in [7, 11) is -3.84. The molecule has 1 aliphatic rings. The van der Waals surface area contributed by atoms with Crippen LogP contribution in [0.1, 0.15) is 43.9 Å². The molecule has 3 aromatic carbocycles. The van der Waals surface area contributed by atoms with Crippen molar-refractivity contribution in [2.75, 3.05) is 13.2 Å². The summed E-state index contributed by atoms with van der Waals surface area (Å²) in [4.78, 5) is 0.189. The lowest BCUT2D eigenvalue weighted by Gasteiger charge is -2.25. The van der Waals surface area contributed by atoms with E-state index >= 15 is 0 Å². The second-order valence-corrected chi connectivity index (χ2v) is 10.7. The third-order valence-electron chi connectivity index (χ3n) is 6.88. The third-order valence-corrected chi connectivity index (χ3v) is 8.50. The van der Waals surface area contributed by atoms with Crippen molar-refractivity contribution < 1.29 is 17.5 Å². The monoisotopic (exact) mass is 519 g/mol. The molecule has 0 spiro atoms. The predicted molar refractivity (Wildman–Crippen MR) is 144 cm³/mol. The fourth-order valence-electron chi connectivity index (χ4n) is 5.17. The molecule has 0 saturated carbocycles. The van der Waals surface area contributed by atoms with Gasteiger partial charge in [-0.1, -0.05) is 32.0 Å². The SMILES string of the molecule is CC.Cc1c(C2CCOCC2)n(-c2ccc(F)cc2)c2cc3cnn(S(=O)(=O)c4ccccc4)c3cc12. The molecule has 1 fully saturated rings. The molecule has 6 nitrogen and oxygen atoms in total. The van der Waals surface area contributed by atoms with Gasteiger partial charge in [0.25, 0.3) is 10.0 Å². The topological polar surface area (TPSA) is 66.1 Å². The normalized spacial score (nSPS) is 14.6. The summed E-state index contributed by atoms with van der Waals surface area (Å²) in [5.74, 6) is -0.00167. The summed E-state index contributed by atoms with van der Waals surface area (Å²) >= 11 is 0. The highest BCUT2D eigenvalue weighted by Gasteiger charge is 2.27. The molecule has 0 amide bonds. The van der Waals surface area contributed by atoms with E-state index in [1.165, 1.54) is 12.1 Å². The average molecular weight is 520 g/mol. The Morgan fingerprint density at radius 1 is 0.946 bits per heavy atom. The van der Waals surface area contributed by atoms with Crippen LogP contribution in [0, 0.1) is 12.7 Å². The van der Waals surface area contributed by atoms with Crippen molar-refractivity contribution >= 4 is 31.8 Å². The standard InChI is InChI=1S/C27H24FN3O3S.C2H6/c1-18-24-16-25-20(17-29-31(25)35(32,33)23-5-3-2-4-6-23)15-26(24)30(22-9-7-21(28)8-10-22)27(18)19-11-13-34-14-12-19;1-2/h2-10,15-17,19H,11-14H2,1H3;1-2H3. The van der Waals surface area contributed by atoms with Gasteiger partial charge in [0, 0.05) is 41.3 Å². The van der Waals surface area contributed by atoms with Gasteiger partial charge in [-0.3, -0.25) is 0 Å². The fourth-order valence-corrected chi connectivity index (χ4v) is 6.46. The number of hydrogen-bond donors (Lipinski definition) is 0. The molecule has 37 heavy (non-hydrogen) atoms. The van der Waals surface area contributed by atoms with Gasteiger partial charge >= 0.3 is 0 Å². The lowest BCUT2D eigenvalue weighted by atomic mass is 9.93. The van der Waals surface area contributed by atoms with Crippen LogP contribution < -0.4 is 0 Å². The van der Waals surface area contributed by atoms with Crippen LogP contribution in [0.3, 0.4) is 0 Å². The molecule has 1 saturated heterocycles. The first-order valence-corrected chi connectivity index (χ1v) is 14.1. The zero-order chi connectivity index (χ0) is 26.2. The minimum atomic E-state index is -3.84. The van der Waals surface area contributed by atoms with Gasteiger partial charge in [-0.25, -0.2) is 4.39 Å². The van der Waals surface area contributed by atoms with Crippen LogP contribution in [0.15, 0.2) is 77.8 Å². The number of halogens is 1. The van der Waals surface area contributed by atoms with Crippen molar-refractivity contribution in [1.82, 2.24) is 13.8 Å². The summed E-state index contributed by atoms with van der Waals surface area (Å²) in [6, 6.07) is 18.7. The maximum Gasteiger partial charge on any atom is 0.283 e. The van der Waals surface area contributed by atoms with Crippen molar-refractivity contribution in [3.05, 3.63) is 90.0 Å². The molecule has 8 heteroatoms. The second kappa shape index (κ2) is 10.1. The summed E-state index contributed by atoms with van der Waals surface area (Å²) < 4.78 is 49.3. The lowest BCUT2D eigenvalue weighted by molar-refractivity contribution is 0.0841. The van der Waals surface area contributed by atoms with Crippen LogP contribution in [0.4, 0.5) is 4.39 Å². The van der Waals surface area contributed by atoms with Crippen LogP contribution in [-0.4, -0.2) is 35.4 Å². The van der Waals surface area contributed by atoms with E-state index in [9.17, 15) is 12.8 Å². The smallest absolute Gasteiger partial charge is 0.283 e. The molecule has 1 aliphatic heterocycles. The zero-order valence-corrected chi connectivity index (χ0v) is 22.0. The van der Waals surface area contributed by atoms with Crippen molar-refractivity contribution in [2.24, 2.45) is 0 Å². The second-order valence-electron chi connectivity index (χ2n) is 8.94. The minimum absolute atomic E-state index is 0.189. The van der Waals surface area contributed by atoms with Gasteiger partial charge in [-0.2, -0.15) is 17.6 Å². The van der Waals surface area contributed by atoms with E-state index in [4.69, 9.17) is 4.74 Å². The highest BCUT2D eigenvalue weighted by molar-refractivity contribution is 7.90. The summed E-state index contributed by atoms with van der Waals surface area (Å²) in [6.45, 7) is 7.47. The van der Waals surface area contributed by atoms with E-state index < -0.39 is 10.0 Å². The first-order chi connectivity index (χ1) is 17.9. The largest absolute Gasteiger partial charge is 0.381 e. The number of nitrogens with zero attached hydrogens (tertiary/aromatic N) is 3. The molecule has 0 unspecified atom stereocenters. The number of rotatable bonds is 4. The molecular weight excluding hydrogens is 489 g/mol.